The van der Waals surface area contributed by atoms with E-state index in [0.717, 1.165) is 0 Å². The molecule has 1 aliphatic carbocycles. The maximum absolute atomic E-state index is 3.28. The predicted octanol–water partition coefficient (Wildman–Crippen LogP) is 3.58. The predicted molar refractivity (Wildman–Crippen MR) is 59.7 cm³/mol. The maximum Gasteiger partial charge on any atom is 0.0468 e. The molecular formula is C13H11N. The summed E-state index contributed by atoms with van der Waals surface area (Å²) in [5.41, 5.74) is 3.91. The van der Waals surface area contributed by atoms with E-state index in [-0.39, 0.29) is 0 Å². The summed E-state index contributed by atoms with van der Waals surface area (Å²) in [6, 6.07) is 12.8. The highest BCUT2D eigenvalue weighted by molar-refractivity contribution is 6.02. The van der Waals surface area contributed by atoms with Crippen molar-refractivity contribution in [1.82, 2.24) is 4.98 Å². The van der Waals surface area contributed by atoms with Crippen molar-refractivity contribution in [1.29, 1.82) is 0 Å². The summed E-state index contributed by atoms with van der Waals surface area (Å²) in [4.78, 5) is 3.28. The Morgan fingerprint density at radius 2 is 1.93 bits per heavy atom. The van der Waals surface area contributed by atoms with Crippen LogP contribution in [-0.4, -0.2) is 4.98 Å². The molecule has 0 amide bonds. The molecule has 0 fully saturated rings. The molecule has 1 aromatic rings. The van der Waals surface area contributed by atoms with Crippen LogP contribution in [0.5, 0.6) is 0 Å². The van der Waals surface area contributed by atoms with Crippen LogP contribution >= 0.6 is 0 Å². The number of pyridine rings is 1. The summed E-state index contributed by atoms with van der Waals surface area (Å²) < 4.78 is 0. The molecule has 0 saturated carbocycles. The number of aromatic nitrogens is 1. The van der Waals surface area contributed by atoms with Gasteiger partial charge in [0.15, 0.2) is 0 Å². The molecule has 1 aliphatic heterocycles. The monoisotopic (exact) mass is 181 g/mol. The minimum absolute atomic E-state index is 1.23. The first-order valence-corrected chi connectivity index (χ1v) is 4.82. The first-order valence-electron chi connectivity index (χ1n) is 4.82. The fraction of sp³-hybridized carbons (Fsp3) is 0.0769. The average molecular weight is 181 g/mol. The van der Waals surface area contributed by atoms with Gasteiger partial charge >= 0.3 is 0 Å². The van der Waals surface area contributed by atoms with Crippen molar-refractivity contribution in [3.8, 4) is 11.3 Å². The topological polar surface area (TPSA) is 15.8 Å². The van der Waals surface area contributed by atoms with Crippen LogP contribution in [0.15, 0.2) is 42.6 Å². The summed E-state index contributed by atoms with van der Waals surface area (Å²) in [7, 11) is 0. The quantitative estimate of drug-likeness (QED) is 0.545. The molecule has 1 N–H and O–H groups in total. The van der Waals surface area contributed by atoms with Crippen molar-refractivity contribution < 1.29 is 0 Å². The third-order valence-electron chi connectivity index (χ3n) is 2.77. The van der Waals surface area contributed by atoms with Gasteiger partial charge in [0.05, 0.1) is 0 Å². The lowest BCUT2D eigenvalue weighted by Gasteiger charge is -2.03. The van der Waals surface area contributed by atoms with Gasteiger partial charge in [-0.05, 0) is 35.4 Å². The van der Waals surface area contributed by atoms with Gasteiger partial charge in [0, 0.05) is 17.5 Å². The Labute approximate surface area is 82.7 Å². The second-order valence-electron chi connectivity index (χ2n) is 3.68. The number of aryl methyl sites for hydroxylation is 1. The molecule has 0 bridgehead atoms. The van der Waals surface area contributed by atoms with Gasteiger partial charge in [-0.1, -0.05) is 24.3 Å². The standard InChI is InChI=1S/C13H11N/c1-9-6-7-14-12-8-10-4-2-3-5-11(10)13(9)12/h2-8,14H,1H3. The van der Waals surface area contributed by atoms with Gasteiger partial charge in [0.1, 0.15) is 0 Å². The molecule has 1 heterocycles. The Kier molecular flexibility index (Phi) is 1.42. The van der Waals surface area contributed by atoms with Crippen molar-refractivity contribution in [3.63, 3.8) is 0 Å². The van der Waals surface area contributed by atoms with Crippen molar-refractivity contribution in [2.45, 2.75) is 6.92 Å². The molecule has 1 aromatic carbocycles. The van der Waals surface area contributed by atoms with Crippen molar-refractivity contribution in [3.05, 3.63) is 48.2 Å². The zero-order valence-corrected chi connectivity index (χ0v) is 8.04. The van der Waals surface area contributed by atoms with Gasteiger partial charge < -0.3 is 4.98 Å². The smallest absolute Gasteiger partial charge is 0.0468 e. The number of H-pyrrole nitrogens is 1. The normalized spacial score (nSPS) is 11.2. The van der Waals surface area contributed by atoms with Gasteiger partial charge in [-0.15, -0.1) is 0 Å². The fourth-order valence-corrected chi connectivity index (χ4v) is 2.10. The number of benzene rings is 1. The zero-order chi connectivity index (χ0) is 9.54. The van der Waals surface area contributed by atoms with E-state index in [1.165, 1.54) is 27.6 Å². The molecule has 1 heteroatoms. The van der Waals surface area contributed by atoms with E-state index in [2.05, 4.69) is 48.3 Å². The average Bonchev–Trinajstić information content (AvgIpc) is 2.57. The molecule has 0 unspecified atom stereocenters. The van der Waals surface area contributed by atoms with Crippen LogP contribution in [-0.2, 0) is 0 Å². The van der Waals surface area contributed by atoms with Crippen LogP contribution in [0.2, 0.25) is 0 Å². The number of hydrogen-bond acceptors (Lipinski definition) is 0. The van der Waals surface area contributed by atoms with E-state index >= 15 is 0 Å². The van der Waals surface area contributed by atoms with E-state index in [0.29, 0.717) is 0 Å². The zero-order valence-electron chi connectivity index (χ0n) is 8.04. The second-order valence-corrected chi connectivity index (χ2v) is 3.68. The van der Waals surface area contributed by atoms with Crippen LogP contribution in [0.25, 0.3) is 22.0 Å². The largest absolute Gasteiger partial charge is 0.361 e. The first kappa shape index (κ1) is 7.63. The molecule has 14 heavy (non-hydrogen) atoms. The van der Waals surface area contributed by atoms with Crippen LogP contribution in [0, 0.1) is 6.92 Å². The molecular weight excluding hydrogens is 170 g/mol. The third kappa shape index (κ3) is 0.896. The highest BCUT2D eigenvalue weighted by Crippen LogP contribution is 2.34. The van der Waals surface area contributed by atoms with Crippen LogP contribution in [0.3, 0.4) is 0 Å². The van der Waals surface area contributed by atoms with Crippen molar-refractivity contribution in [2.75, 3.05) is 0 Å². The van der Waals surface area contributed by atoms with E-state index in [1.54, 1.807) is 0 Å². The Hall–Kier alpha value is -1.76. The lowest BCUT2D eigenvalue weighted by Crippen LogP contribution is -1.83. The Morgan fingerprint density at radius 3 is 2.86 bits per heavy atom. The molecule has 2 aliphatic rings. The fourth-order valence-electron chi connectivity index (χ4n) is 2.10. The minimum atomic E-state index is 1.23. The Balaban J connectivity index is 2.57. The number of fused-ring (bicyclic) bond motifs is 3. The van der Waals surface area contributed by atoms with E-state index in [9.17, 15) is 0 Å². The highest BCUT2D eigenvalue weighted by Gasteiger charge is 2.10. The molecule has 0 aromatic heterocycles. The summed E-state index contributed by atoms with van der Waals surface area (Å²) in [6.07, 6.45) is 2.00. The van der Waals surface area contributed by atoms with Gasteiger partial charge in [-0.25, -0.2) is 0 Å². The summed E-state index contributed by atoms with van der Waals surface area (Å²) in [5.74, 6) is 0. The lowest BCUT2D eigenvalue weighted by molar-refractivity contribution is 1.30. The summed E-state index contributed by atoms with van der Waals surface area (Å²) >= 11 is 0. The van der Waals surface area contributed by atoms with Crippen LogP contribution < -0.4 is 0 Å². The molecule has 68 valence electrons. The summed E-state index contributed by atoms with van der Waals surface area (Å²) in [5, 5.41) is 2.66. The minimum Gasteiger partial charge on any atom is -0.361 e. The molecule has 1 nitrogen and oxygen atoms in total. The lowest BCUT2D eigenvalue weighted by atomic mass is 10.1. The van der Waals surface area contributed by atoms with Crippen molar-refractivity contribution in [2.24, 2.45) is 0 Å². The Bertz CT molecular complexity index is 563. The molecule has 3 rings (SSSR count). The molecule has 0 atom stereocenters. The highest BCUT2D eigenvalue weighted by atomic mass is 14.7. The van der Waals surface area contributed by atoms with Gasteiger partial charge in [0.25, 0.3) is 0 Å². The number of aromatic amines is 1. The number of rotatable bonds is 0. The molecule has 0 saturated heterocycles. The molecule has 0 spiro atoms. The third-order valence-corrected chi connectivity index (χ3v) is 2.77. The van der Waals surface area contributed by atoms with E-state index in [1.807, 2.05) is 6.20 Å². The Morgan fingerprint density at radius 1 is 1.07 bits per heavy atom. The van der Waals surface area contributed by atoms with Crippen molar-refractivity contribution >= 4 is 10.8 Å². The second kappa shape index (κ2) is 2.61. The van der Waals surface area contributed by atoms with Gasteiger partial charge in [0.2, 0.25) is 0 Å². The van der Waals surface area contributed by atoms with E-state index in [4.69, 9.17) is 0 Å². The number of hydrogen-bond donors (Lipinski definition) is 1. The van der Waals surface area contributed by atoms with Gasteiger partial charge in [-0.2, -0.15) is 0 Å². The summed E-state index contributed by atoms with van der Waals surface area (Å²) in [6.45, 7) is 2.16. The van der Waals surface area contributed by atoms with Crippen LogP contribution in [0.1, 0.15) is 5.56 Å². The first-order chi connectivity index (χ1) is 6.86. The number of nitrogens with one attached hydrogen (secondary N) is 1. The van der Waals surface area contributed by atoms with Crippen LogP contribution in [0.4, 0.5) is 0 Å². The maximum atomic E-state index is 3.28. The van der Waals surface area contributed by atoms with Gasteiger partial charge in [-0.3, -0.25) is 0 Å². The van der Waals surface area contributed by atoms with E-state index < -0.39 is 0 Å². The SMILES string of the molecule is Cc1cc[nH]c2cc3ccccc3c1-2. The molecule has 0 radical (unpaired) electrons.